The Kier molecular flexibility index (Phi) is 3.02. The Hall–Kier alpha value is -1.66. The van der Waals surface area contributed by atoms with Gasteiger partial charge in [-0.05, 0) is 18.2 Å². The first kappa shape index (κ1) is 10.8. The number of hydrogen-bond donors (Lipinski definition) is 2. The van der Waals surface area contributed by atoms with Gasteiger partial charge in [-0.2, -0.15) is 0 Å². The van der Waals surface area contributed by atoms with Crippen LogP contribution in [0.15, 0.2) is 24.4 Å². The van der Waals surface area contributed by atoms with Crippen LogP contribution in [0.5, 0.6) is 5.75 Å². The molecule has 1 aromatic carbocycles. The number of anilines is 1. The highest BCUT2D eigenvalue weighted by molar-refractivity contribution is 7.10. The van der Waals surface area contributed by atoms with Crippen LogP contribution in [0.3, 0.4) is 0 Å². The van der Waals surface area contributed by atoms with E-state index in [9.17, 15) is 9.90 Å². The number of nitrogens with zero attached hydrogens (tertiary/aromatic N) is 2. The minimum atomic E-state index is -0.410. The van der Waals surface area contributed by atoms with E-state index in [1.807, 2.05) is 0 Å². The van der Waals surface area contributed by atoms with Crippen molar-refractivity contribution in [3.63, 3.8) is 0 Å². The predicted octanol–water partition coefficient (Wildman–Crippen LogP) is 2.15. The summed E-state index contributed by atoms with van der Waals surface area (Å²) in [5.74, 6) is -0.427. The largest absolute Gasteiger partial charge is 0.508 e. The summed E-state index contributed by atoms with van der Waals surface area (Å²) >= 11 is 6.89. The van der Waals surface area contributed by atoms with Crippen molar-refractivity contribution in [1.29, 1.82) is 0 Å². The normalized spacial score (nSPS) is 10.1. The van der Waals surface area contributed by atoms with Gasteiger partial charge in [0, 0.05) is 11.5 Å². The van der Waals surface area contributed by atoms with Crippen molar-refractivity contribution in [1.82, 2.24) is 9.59 Å². The number of benzene rings is 1. The Labute approximate surface area is 99.9 Å². The third-order valence-electron chi connectivity index (χ3n) is 1.79. The fraction of sp³-hybridized carbons (Fsp3) is 0. The van der Waals surface area contributed by atoms with E-state index in [-0.39, 0.29) is 16.3 Å². The third-order valence-corrected chi connectivity index (χ3v) is 2.70. The summed E-state index contributed by atoms with van der Waals surface area (Å²) < 4.78 is 3.60. The average Bonchev–Trinajstić information content (AvgIpc) is 2.74. The number of halogens is 1. The lowest BCUT2D eigenvalue weighted by atomic mass is 10.2. The lowest BCUT2D eigenvalue weighted by Gasteiger charge is -2.04. The summed E-state index contributed by atoms with van der Waals surface area (Å²) in [6, 6.07) is 4.16. The molecule has 5 nitrogen and oxygen atoms in total. The number of phenolic OH excluding ortho intramolecular Hbond substituents is 1. The van der Waals surface area contributed by atoms with Crippen LogP contribution in [0, 0.1) is 0 Å². The minimum absolute atomic E-state index is 0.0167. The number of carbonyl (C=O) groups is 1. The molecule has 0 bridgehead atoms. The number of aromatic nitrogens is 2. The second-order valence-corrected chi connectivity index (χ2v) is 4.09. The van der Waals surface area contributed by atoms with Crippen LogP contribution in [0.1, 0.15) is 10.4 Å². The van der Waals surface area contributed by atoms with Gasteiger partial charge in [0.05, 0.1) is 16.8 Å². The second kappa shape index (κ2) is 4.46. The smallest absolute Gasteiger partial charge is 0.257 e. The van der Waals surface area contributed by atoms with Crippen LogP contribution in [-0.2, 0) is 0 Å². The number of nitrogens with one attached hydrogen (secondary N) is 1. The highest BCUT2D eigenvalue weighted by Gasteiger charge is 2.12. The van der Waals surface area contributed by atoms with Crippen LogP contribution in [0.2, 0.25) is 5.02 Å². The first-order chi connectivity index (χ1) is 7.66. The number of amides is 1. The van der Waals surface area contributed by atoms with E-state index in [0.717, 1.165) is 11.5 Å². The molecular weight excluding hydrogens is 250 g/mol. The predicted molar refractivity (Wildman–Crippen MR) is 61.0 cm³/mol. The Bertz CT molecular complexity index is 515. The van der Waals surface area contributed by atoms with Crippen molar-refractivity contribution in [2.45, 2.75) is 0 Å². The average molecular weight is 256 g/mol. The summed E-state index contributed by atoms with van der Waals surface area (Å²) in [5, 5.41) is 16.2. The number of aromatic hydroxyl groups is 1. The first-order valence-corrected chi connectivity index (χ1v) is 5.39. The van der Waals surface area contributed by atoms with Gasteiger partial charge in [0.1, 0.15) is 10.8 Å². The van der Waals surface area contributed by atoms with E-state index < -0.39 is 5.91 Å². The quantitative estimate of drug-likeness (QED) is 0.862. The van der Waals surface area contributed by atoms with Gasteiger partial charge in [0.15, 0.2) is 0 Å². The van der Waals surface area contributed by atoms with Gasteiger partial charge in [0.2, 0.25) is 0 Å². The van der Waals surface area contributed by atoms with Crippen LogP contribution >= 0.6 is 23.1 Å². The fourth-order valence-corrected chi connectivity index (χ4v) is 1.71. The molecule has 7 heteroatoms. The standard InChI is InChI=1S/C9H6ClN3O2S/c10-7-2-1-5(14)3-6(7)9(15)12-8-4-11-13-16-8/h1-4,14H,(H,12,15). The minimum Gasteiger partial charge on any atom is -0.508 e. The third kappa shape index (κ3) is 2.29. The first-order valence-electron chi connectivity index (χ1n) is 4.24. The van der Waals surface area contributed by atoms with E-state index in [2.05, 4.69) is 14.9 Å². The van der Waals surface area contributed by atoms with Crippen LogP contribution in [0.25, 0.3) is 0 Å². The van der Waals surface area contributed by atoms with E-state index >= 15 is 0 Å². The number of phenols is 1. The van der Waals surface area contributed by atoms with Gasteiger partial charge in [0.25, 0.3) is 5.91 Å². The highest BCUT2D eigenvalue weighted by Crippen LogP contribution is 2.22. The molecule has 0 atom stereocenters. The van der Waals surface area contributed by atoms with Crippen LogP contribution in [-0.4, -0.2) is 20.6 Å². The van der Waals surface area contributed by atoms with Crippen molar-refractivity contribution in [2.24, 2.45) is 0 Å². The van der Waals surface area contributed by atoms with Gasteiger partial charge in [-0.3, -0.25) is 4.79 Å². The summed E-state index contributed by atoms with van der Waals surface area (Å²) in [6.07, 6.45) is 1.43. The molecule has 0 saturated heterocycles. The Morgan fingerprint density at radius 3 is 3.00 bits per heavy atom. The van der Waals surface area contributed by atoms with E-state index in [4.69, 9.17) is 11.6 Å². The molecular formula is C9H6ClN3O2S. The lowest BCUT2D eigenvalue weighted by molar-refractivity contribution is 0.102. The van der Waals surface area contributed by atoms with E-state index in [1.54, 1.807) is 0 Å². The molecule has 0 aliphatic carbocycles. The monoisotopic (exact) mass is 255 g/mol. The Balaban J connectivity index is 2.24. The highest BCUT2D eigenvalue weighted by atomic mass is 35.5. The van der Waals surface area contributed by atoms with Crippen molar-refractivity contribution in [3.8, 4) is 5.75 Å². The molecule has 0 radical (unpaired) electrons. The zero-order valence-corrected chi connectivity index (χ0v) is 9.42. The second-order valence-electron chi connectivity index (χ2n) is 2.90. The van der Waals surface area contributed by atoms with Gasteiger partial charge in [-0.25, -0.2) is 0 Å². The molecule has 0 aliphatic heterocycles. The fourth-order valence-electron chi connectivity index (χ4n) is 1.09. The molecule has 0 saturated carbocycles. The molecule has 2 aromatic rings. The van der Waals surface area contributed by atoms with E-state index in [1.165, 1.54) is 24.4 Å². The molecule has 0 unspecified atom stereocenters. The molecule has 82 valence electrons. The van der Waals surface area contributed by atoms with Gasteiger partial charge in [-0.1, -0.05) is 16.1 Å². The van der Waals surface area contributed by atoms with Crippen molar-refractivity contribution >= 4 is 34.0 Å². The van der Waals surface area contributed by atoms with Crippen LogP contribution < -0.4 is 5.32 Å². The van der Waals surface area contributed by atoms with Crippen molar-refractivity contribution in [3.05, 3.63) is 35.0 Å². The van der Waals surface area contributed by atoms with Crippen molar-refractivity contribution in [2.75, 3.05) is 5.32 Å². The molecule has 16 heavy (non-hydrogen) atoms. The summed E-state index contributed by atoms with van der Waals surface area (Å²) in [4.78, 5) is 11.7. The van der Waals surface area contributed by atoms with Crippen molar-refractivity contribution < 1.29 is 9.90 Å². The summed E-state index contributed by atoms with van der Waals surface area (Å²) in [6.45, 7) is 0. The maximum absolute atomic E-state index is 11.7. The number of rotatable bonds is 2. The van der Waals surface area contributed by atoms with Crippen LogP contribution in [0.4, 0.5) is 5.00 Å². The molecule has 1 heterocycles. The number of carbonyl (C=O) groups excluding carboxylic acids is 1. The number of hydrogen-bond acceptors (Lipinski definition) is 5. The summed E-state index contributed by atoms with van der Waals surface area (Å²) in [5.41, 5.74) is 0.204. The SMILES string of the molecule is O=C(Nc1cnns1)c1cc(O)ccc1Cl. The molecule has 0 fully saturated rings. The Morgan fingerprint density at radius 1 is 1.50 bits per heavy atom. The topological polar surface area (TPSA) is 75.1 Å². The Morgan fingerprint density at radius 2 is 2.31 bits per heavy atom. The zero-order valence-electron chi connectivity index (χ0n) is 7.85. The molecule has 1 amide bonds. The van der Waals surface area contributed by atoms with Gasteiger partial charge >= 0.3 is 0 Å². The maximum atomic E-state index is 11.7. The summed E-state index contributed by atoms with van der Waals surface area (Å²) in [7, 11) is 0. The molecule has 0 aliphatic rings. The molecule has 2 rings (SSSR count). The lowest BCUT2D eigenvalue weighted by Crippen LogP contribution is -2.11. The zero-order chi connectivity index (χ0) is 11.5. The maximum Gasteiger partial charge on any atom is 0.257 e. The van der Waals surface area contributed by atoms with Gasteiger partial charge in [-0.15, -0.1) is 5.10 Å². The van der Waals surface area contributed by atoms with Gasteiger partial charge < -0.3 is 10.4 Å². The molecule has 2 N–H and O–H groups in total. The molecule has 1 aromatic heterocycles. The molecule has 0 spiro atoms. The van der Waals surface area contributed by atoms with E-state index in [0.29, 0.717) is 5.00 Å².